The summed E-state index contributed by atoms with van der Waals surface area (Å²) in [6, 6.07) is 9.97. The molecule has 4 heteroatoms. The molecule has 0 amide bonds. The highest BCUT2D eigenvalue weighted by molar-refractivity contribution is 6.32. The number of rotatable bonds is 1. The average Bonchev–Trinajstić information content (AvgIpc) is 2.83. The van der Waals surface area contributed by atoms with Crippen LogP contribution in [0.3, 0.4) is 0 Å². The molecule has 1 aromatic rings. The molecule has 19 heavy (non-hydrogen) atoms. The summed E-state index contributed by atoms with van der Waals surface area (Å²) in [5, 5.41) is 18.8. The van der Waals surface area contributed by atoms with E-state index in [0.29, 0.717) is 0 Å². The zero-order chi connectivity index (χ0) is 13.2. The average molecular weight is 251 g/mol. The highest BCUT2D eigenvalue weighted by Gasteiger charge is 2.21. The molecule has 2 aliphatic rings. The standard InChI is InChI=1S/C15H13N3O/c1-11-14(12-7-9-18(19)10-8-12)15(17-16-11)13-5-3-2-4-6-13/h2-10,19H,1H3. The first-order valence-electron chi connectivity index (χ1n) is 6.02. The predicted molar refractivity (Wildman–Crippen MR) is 75.0 cm³/mol. The number of hydrogen-bond donors (Lipinski definition) is 1. The molecular weight excluding hydrogens is 238 g/mol. The largest absolute Gasteiger partial charge is 0.285 e. The minimum absolute atomic E-state index is 0.869. The van der Waals surface area contributed by atoms with E-state index in [1.54, 1.807) is 12.4 Å². The monoisotopic (exact) mass is 251 g/mol. The lowest BCUT2D eigenvalue weighted by Crippen LogP contribution is -2.12. The Morgan fingerprint density at radius 1 is 1.00 bits per heavy atom. The van der Waals surface area contributed by atoms with E-state index >= 15 is 0 Å². The Hall–Kier alpha value is -2.46. The summed E-state index contributed by atoms with van der Waals surface area (Å²) in [6.45, 7) is 1.94. The molecule has 4 nitrogen and oxygen atoms in total. The Kier molecular flexibility index (Phi) is 2.85. The van der Waals surface area contributed by atoms with Crippen LogP contribution in [0.4, 0.5) is 0 Å². The van der Waals surface area contributed by atoms with Crippen LogP contribution in [0.25, 0.3) is 0 Å². The zero-order valence-electron chi connectivity index (χ0n) is 10.5. The van der Waals surface area contributed by atoms with Crippen molar-refractivity contribution in [3.05, 3.63) is 71.6 Å². The summed E-state index contributed by atoms with van der Waals surface area (Å²) < 4.78 is 0. The van der Waals surface area contributed by atoms with Gasteiger partial charge in [-0.3, -0.25) is 5.21 Å². The fourth-order valence-corrected chi connectivity index (χ4v) is 2.13. The van der Waals surface area contributed by atoms with Gasteiger partial charge in [-0.15, -0.1) is 5.10 Å². The maximum Gasteiger partial charge on any atom is 0.103 e. The van der Waals surface area contributed by atoms with E-state index in [-0.39, 0.29) is 0 Å². The van der Waals surface area contributed by atoms with E-state index in [4.69, 9.17) is 0 Å². The van der Waals surface area contributed by atoms with Crippen LogP contribution in [-0.4, -0.2) is 21.7 Å². The number of nitrogens with zero attached hydrogens (tertiary/aromatic N) is 3. The van der Waals surface area contributed by atoms with Crippen LogP contribution in [0.1, 0.15) is 12.5 Å². The van der Waals surface area contributed by atoms with Crippen molar-refractivity contribution in [2.45, 2.75) is 6.92 Å². The summed E-state index contributed by atoms with van der Waals surface area (Å²) in [5.41, 5.74) is 4.79. The highest BCUT2D eigenvalue weighted by atomic mass is 16.5. The van der Waals surface area contributed by atoms with Gasteiger partial charge in [-0.05, 0) is 24.6 Å². The molecule has 0 aromatic heterocycles. The summed E-state index contributed by atoms with van der Waals surface area (Å²) >= 11 is 0. The molecule has 0 aliphatic carbocycles. The number of hydrogen-bond acceptors (Lipinski definition) is 4. The van der Waals surface area contributed by atoms with Crippen LogP contribution in [0.5, 0.6) is 0 Å². The fraction of sp³-hybridized carbons (Fsp3) is 0.0667. The van der Waals surface area contributed by atoms with Crippen LogP contribution in [0.15, 0.2) is 76.2 Å². The van der Waals surface area contributed by atoms with Crippen molar-refractivity contribution in [3.8, 4) is 0 Å². The molecule has 94 valence electrons. The van der Waals surface area contributed by atoms with Crippen molar-refractivity contribution in [1.82, 2.24) is 5.06 Å². The van der Waals surface area contributed by atoms with E-state index in [1.165, 1.54) is 0 Å². The normalized spacial score (nSPS) is 17.9. The lowest BCUT2D eigenvalue weighted by atomic mass is 9.94. The van der Waals surface area contributed by atoms with Gasteiger partial charge in [0.05, 0.1) is 5.71 Å². The van der Waals surface area contributed by atoms with Crippen LogP contribution < -0.4 is 0 Å². The van der Waals surface area contributed by atoms with E-state index in [2.05, 4.69) is 10.2 Å². The predicted octanol–water partition coefficient (Wildman–Crippen LogP) is 2.89. The van der Waals surface area contributed by atoms with E-state index < -0.39 is 0 Å². The minimum atomic E-state index is 0.869. The van der Waals surface area contributed by atoms with Gasteiger partial charge >= 0.3 is 0 Å². The van der Waals surface area contributed by atoms with Crippen molar-refractivity contribution in [2.75, 3.05) is 0 Å². The third-order valence-electron chi connectivity index (χ3n) is 3.05. The fourth-order valence-electron chi connectivity index (χ4n) is 2.13. The molecule has 2 aliphatic heterocycles. The maximum atomic E-state index is 9.30. The van der Waals surface area contributed by atoms with E-state index in [9.17, 15) is 5.21 Å². The van der Waals surface area contributed by atoms with Crippen LogP contribution in [0.2, 0.25) is 0 Å². The van der Waals surface area contributed by atoms with Crippen molar-refractivity contribution >= 4 is 11.4 Å². The zero-order valence-corrected chi connectivity index (χ0v) is 10.5. The van der Waals surface area contributed by atoms with Crippen molar-refractivity contribution < 1.29 is 5.21 Å². The van der Waals surface area contributed by atoms with E-state index in [0.717, 1.165) is 33.2 Å². The van der Waals surface area contributed by atoms with Gasteiger partial charge in [0.2, 0.25) is 0 Å². The topological polar surface area (TPSA) is 48.2 Å². The third kappa shape index (κ3) is 2.13. The lowest BCUT2D eigenvalue weighted by molar-refractivity contribution is 0.0105. The SMILES string of the molecule is CC1=NN=C(c2ccccc2)C1=C1C=CN(O)C=C1. The van der Waals surface area contributed by atoms with Gasteiger partial charge in [-0.2, -0.15) is 5.10 Å². The van der Waals surface area contributed by atoms with Gasteiger partial charge in [0.15, 0.2) is 0 Å². The Morgan fingerprint density at radius 3 is 2.37 bits per heavy atom. The first kappa shape index (κ1) is 11.6. The van der Waals surface area contributed by atoms with Crippen LogP contribution >= 0.6 is 0 Å². The summed E-state index contributed by atoms with van der Waals surface area (Å²) in [4.78, 5) is 0. The second-order valence-corrected chi connectivity index (χ2v) is 4.34. The van der Waals surface area contributed by atoms with Gasteiger partial charge in [0.25, 0.3) is 0 Å². The van der Waals surface area contributed by atoms with Crippen molar-refractivity contribution in [1.29, 1.82) is 0 Å². The van der Waals surface area contributed by atoms with Gasteiger partial charge in [-0.25, -0.2) is 5.06 Å². The Balaban J connectivity index is 2.07. The second-order valence-electron chi connectivity index (χ2n) is 4.34. The molecule has 3 rings (SSSR count). The lowest BCUT2D eigenvalue weighted by Gasteiger charge is -2.13. The Labute approximate surface area is 111 Å². The Morgan fingerprint density at radius 2 is 1.68 bits per heavy atom. The van der Waals surface area contributed by atoms with Crippen LogP contribution in [0, 0.1) is 0 Å². The van der Waals surface area contributed by atoms with Crippen molar-refractivity contribution in [3.63, 3.8) is 0 Å². The van der Waals surface area contributed by atoms with Gasteiger partial charge in [-0.1, -0.05) is 30.3 Å². The first-order valence-corrected chi connectivity index (χ1v) is 6.02. The second kappa shape index (κ2) is 4.66. The Bertz CT molecular complexity index is 635. The van der Waals surface area contributed by atoms with Crippen molar-refractivity contribution in [2.24, 2.45) is 10.2 Å². The molecule has 0 fully saturated rings. The molecule has 0 spiro atoms. The third-order valence-corrected chi connectivity index (χ3v) is 3.05. The molecule has 2 heterocycles. The number of hydroxylamine groups is 2. The van der Waals surface area contributed by atoms with Crippen LogP contribution in [-0.2, 0) is 0 Å². The molecule has 0 saturated heterocycles. The molecule has 0 radical (unpaired) electrons. The molecule has 0 saturated carbocycles. The maximum absolute atomic E-state index is 9.30. The van der Waals surface area contributed by atoms with Gasteiger partial charge in [0.1, 0.15) is 5.71 Å². The summed E-state index contributed by atoms with van der Waals surface area (Å²) in [6.07, 6.45) is 6.88. The van der Waals surface area contributed by atoms with Gasteiger partial charge < -0.3 is 0 Å². The first-order chi connectivity index (χ1) is 9.25. The summed E-state index contributed by atoms with van der Waals surface area (Å²) in [5.74, 6) is 0. The molecule has 1 aromatic carbocycles. The molecular formula is C15H13N3O. The molecule has 0 bridgehead atoms. The highest BCUT2D eigenvalue weighted by Crippen LogP contribution is 2.23. The smallest absolute Gasteiger partial charge is 0.103 e. The minimum Gasteiger partial charge on any atom is -0.285 e. The van der Waals surface area contributed by atoms with E-state index in [1.807, 2.05) is 49.4 Å². The number of benzene rings is 1. The van der Waals surface area contributed by atoms with Gasteiger partial charge in [0, 0.05) is 23.5 Å². The molecule has 1 N–H and O–H groups in total. The number of allylic oxidation sites excluding steroid dienone is 4. The molecule has 0 atom stereocenters. The molecule has 0 unspecified atom stereocenters. The quantitative estimate of drug-likeness (QED) is 0.834. The summed E-state index contributed by atoms with van der Waals surface area (Å²) in [7, 11) is 0.